The standard InChI is InChI=1S/C22H21ClN6O2S/c23-15-7-5-14(6-8-15)20-25-26-22(32)28(20)13-19(30)27-11-9-16(10-12-27)29-18-4-2-1-3-17(18)24-21(29)31/h1-8,16H,9-13H2,(H,24,31)(H,26,32). The molecule has 2 N–H and O–H groups in total. The number of carbonyl (C=O) groups excluding carboxylic acids is 1. The van der Waals surface area contributed by atoms with E-state index in [9.17, 15) is 9.59 Å². The Morgan fingerprint density at radius 1 is 1.12 bits per heavy atom. The van der Waals surface area contributed by atoms with Crippen molar-refractivity contribution in [2.75, 3.05) is 13.1 Å². The number of aromatic amines is 2. The number of piperidine rings is 1. The molecular formula is C22H21ClN6O2S. The van der Waals surface area contributed by atoms with Crippen molar-refractivity contribution in [3.8, 4) is 11.4 Å². The molecule has 0 bridgehead atoms. The summed E-state index contributed by atoms with van der Waals surface area (Å²) in [6.45, 7) is 1.26. The molecule has 8 nitrogen and oxygen atoms in total. The van der Waals surface area contributed by atoms with E-state index >= 15 is 0 Å². The zero-order valence-corrected chi connectivity index (χ0v) is 18.7. The summed E-state index contributed by atoms with van der Waals surface area (Å²) in [4.78, 5) is 30.3. The van der Waals surface area contributed by atoms with E-state index in [1.54, 1.807) is 16.7 Å². The van der Waals surface area contributed by atoms with Gasteiger partial charge in [-0.25, -0.2) is 4.79 Å². The molecule has 4 aromatic rings. The highest BCUT2D eigenvalue weighted by Gasteiger charge is 2.26. The van der Waals surface area contributed by atoms with Gasteiger partial charge >= 0.3 is 5.69 Å². The molecule has 10 heteroatoms. The monoisotopic (exact) mass is 468 g/mol. The van der Waals surface area contributed by atoms with Crippen LogP contribution < -0.4 is 5.69 Å². The van der Waals surface area contributed by atoms with Crippen LogP contribution in [0.1, 0.15) is 18.9 Å². The van der Waals surface area contributed by atoms with Crippen LogP contribution in [0.4, 0.5) is 0 Å². The predicted molar refractivity (Wildman–Crippen MR) is 125 cm³/mol. The number of nitrogens with zero attached hydrogens (tertiary/aromatic N) is 4. The van der Waals surface area contributed by atoms with Gasteiger partial charge in [-0.2, -0.15) is 5.10 Å². The van der Waals surface area contributed by atoms with Gasteiger partial charge in [-0.15, -0.1) is 0 Å². The predicted octanol–water partition coefficient (Wildman–Crippen LogP) is 3.77. The molecule has 0 aliphatic carbocycles. The summed E-state index contributed by atoms with van der Waals surface area (Å²) in [5.74, 6) is 0.572. The third kappa shape index (κ3) is 3.78. The minimum absolute atomic E-state index is 0.0255. The second kappa shape index (κ2) is 8.40. The number of imidazole rings is 1. The van der Waals surface area contributed by atoms with Crippen molar-refractivity contribution in [3.63, 3.8) is 0 Å². The van der Waals surface area contributed by atoms with Crippen LogP contribution in [0.25, 0.3) is 22.4 Å². The van der Waals surface area contributed by atoms with Crippen molar-refractivity contribution < 1.29 is 4.79 Å². The topological polar surface area (TPSA) is 91.7 Å². The molecule has 3 heterocycles. The zero-order valence-electron chi connectivity index (χ0n) is 17.1. The lowest BCUT2D eigenvalue weighted by Crippen LogP contribution is -2.42. The number of likely N-dealkylation sites (tertiary alicyclic amines) is 1. The molecule has 1 amide bonds. The van der Waals surface area contributed by atoms with Crippen molar-refractivity contribution in [2.24, 2.45) is 0 Å². The summed E-state index contributed by atoms with van der Waals surface area (Å²) in [5.41, 5.74) is 2.46. The molecule has 0 spiro atoms. The summed E-state index contributed by atoms with van der Waals surface area (Å²) in [6, 6.07) is 15.0. The number of hydrogen-bond donors (Lipinski definition) is 2. The number of halogens is 1. The van der Waals surface area contributed by atoms with E-state index in [1.165, 1.54) is 0 Å². The van der Waals surface area contributed by atoms with Gasteiger partial charge in [-0.05, 0) is 61.5 Å². The number of carbonyl (C=O) groups is 1. The van der Waals surface area contributed by atoms with Gasteiger partial charge in [-0.1, -0.05) is 23.7 Å². The Hall–Kier alpha value is -3.17. The van der Waals surface area contributed by atoms with Crippen molar-refractivity contribution in [1.82, 2.24) is 29.2 Å². The maximum atomic E-state index is 13.0. The fourth-order valence-electron chi connectivity index (χ4n) is 4.33. The van der Waals surface area contributed by atoms with Crippen LogP contribution >= 0.6 is 23.8 Å². The van der Waals surface area contributed by atoms with Crippen LogP contribution in [0.2, 0.25) is 5.02 Å². The first-order valence-corrected chi connectivity index (χ1v) is 11.2. The highest BCUT2D eigenvalue weighted by molar-refractivity contribution is 7.71. The second-order valence-corrected chi connectivity index (χ2v) is 8.70. The number of H-pyrrole nitrogens is 2. The van der Waals surface area contributed by atoms with E-state index in [0.717, 1.165) is 16.6 Å². The van der Waals surface area contributed by atoms with Crippen LogP contribution in [-0.4, -0.2) is 48.2 Å². The summed E-state index contributed by atoms with van der Waals surface area (Å²) < 4.78 is 3.92. The number of hydrogen-bond acceptors (Lipinski definition) is 4. The molecule has 1 fully saturated rings. The zero-order chi connectivity index (χ0) is 22.2. The minimum Gasteiger partial charge on any atom is -0.341 e. The van der Waals surface area contributed by atoms with E-state index in [0.29, 0.717) is 41.5 Å². The smallest absolute Gasteiger partial charge is 0.326 e. The lowest BCUT2D eigenvalue weighted by atomic mass is 10.0. The van der Waals surface area contributed by atoms with Gasteiger partial charge in [0.2, 0.25) is 5.91 Å². The number of amides is 1. The SMILES string of the molecule is O=C(Cn1c(-c2ccc(Cl)cc2)n[nH]c1=S)N1CCC(n2c(=O)[nH]c3ccccc32)CC1. The first-order valence-electron chi connectivity index (χ1n) is 10.4. The van der Waals surface area contributed by atoms with Crippen LogP contribution in [0.3, 0.4) is 0 Å². The van der Waals surface area contributed by atoms with Crippen LogP contribution in [0.5, 0.6) is 0 Å². The van der Waals surface area contributed by atoms with E-state index in [2.05, 4.69) is 15.2 Å². The molecule has 5 rings (SSSR count). The van der Waals surface area contributed by atoms with Crippen LogP contribution in [-0.2, 0) is 11.3 Å². The molecular weight excluding hydrogens is 448 g/mol. The van der Waals surface area contributed by atoms with Crippen LogP contribution in [0.15, 0.2) is 53.3 Å². The minimum atomic E-state index is -0.103. The number of aromatic nitrogens is 5. The Bertz CT molecular complexity index is 1390. The highest BCUT2D eigenvalue weighted by Crippen LogP contribution is 2.25. The fourth-order valence-corrected chi connectivity index (χ4v) is 4.65. The summed E-state index contributed by atoms with van der Waals surface area (Å²) in [7, 11) is 0. The Morgan fingerprint density at radius 2 is 1.84 bits per heavy atom. The molecule has 0 atom stereocenters. The molecule has 2 aromatic carbocycles. The Balaban J connectivity index is 1.30. The number of benzene rings is 2. The maximum absolute atomic E-state index is 13.0. The summed E-state index contributed by atoms with van der Waals surface area (Å²) in [6.07, 6.45) is 1.43. The first-order chi connectivity index (χ1) is 15.5. The van der Waals surface area contributed by atoms with E-state index < -0.39 is 0 Å². The summed E-state index contributed by atoms with van der Waals surface area (Å²) >= 11 is 11.3. The third-order valence-electron chi connectivity index (χ3n) is 5.96. The Kier molecular flexibility index (Phi) is 5.44. The summed E-state index contributed by atoms with van der Waals surface area (Å²) in [5, 5.41) is 7.69. The quantitative estimate of drug-likeness (QED) is 0.446. The normalized spacial score (nSPS) is 14.8. The first kappa shape index (κ1) is 20.7. The van der Waals surface area contributed by atoms with Gasteiger partial charge in [0.15, 0.2) is 10.6 Å². The van der Waals surface area contributed by atoms with Gasteiger partial charge in [0.25, 0.3) is 0 Å². The lowest BCUT2D eigenvalue weighted by molar-refractivity contribution is -0.133. The third-order valence-corrected chi connectivity index (χ3v) is 6.52. The van der Waals surface area contributed by atoms with Crippen molar-refractivity contribution in [1.29, 1.82) is 0 Å². The molecule has 2 aromatic heterocycles. The maximum Gasteiger partial charge on any atom is 0.326 e. The van der Waals surface area contributed by atoms with Crippen molar-refractivity contribution >= 4 is 40.8 Å². The van der Waals surface area contributed by atoms with Gasteiger partial charge < -0.3 is 9.88 Å². The number of rotatable bonds is 4. The number of para-hydroxylation sites is 2. The molecule has 1 aliphatic rings. The molecule has 1 aliphatic heterocycles. The molecule has 32 heavy (non-hydrogen) atoms. The number of nitrogens with one attached hydrogen (secondary N) is 2. The second-order valence-electron chi connectivity index (χ2n) is 7.87. The van der Waals surface area contributed by atoms with Gasteiger partial charge in [0, 0.05) is 29.7 Å². The Labute approximate surface area is 193 Å². The van der Waals surface area contributed by atoms with Gasteiger partial charge in [0.05, 0.1) is 11.0 Å². The fraction of sp³-hybridized carbons (Fsp3) is 0.273. The Morgan fingerprint density at radius 3 is 2.59 bits per heavy atom. The molecule has 0 unspecified atom stereocenters. The van der Waals surface area contributed by atoms with Gasteiger partial charge in [-0.3, -0.25) is 19.0 Å². The molecule has 0 saturated carbocycles. The molecule has 0 radical (unpaired) electrons. The molecule has 164 valence electrons. The van der Waals surface area contributed by atoms with E-state index in [1.807, 2.05) is 45.9 Å². The highest BCUT2D eigenvalue weighted by atomic mass is 35.5. The average molecular weight is 469 g/mol. The largest absolute Gasteiger partial charge is 0.341 e. The average Bonchev–Trinajstić information content (AvgIpc) is 3.33. The van der Waals surface area contributed by atoms with E-state index in [4.69, 9.17) is 23.8 Å². The van der Waals surface area contributed by atoms with Crippen molar-refractivity contribution in [2.45, 2.75) is 25.4 Å². The van der Waals surface area contributed by atoms with Crippen molar-refractivity contribution in [3.05, 3.63) is 68.8 Å². The lowest BCUT2D eigenvalue weighted by Gasteiger charge is -2.32. The molecule has 1 saturated heterocycles. The van der Waals surface area contributed by atoms with Gasteiger partial charge in [0.1, 0.15) is 6.54 Å². The number of fused-ring (bicyclic) bond motifs is 1. The van der Waals surface area contributed by atoms with Crippen LogP contribution in [0, 0.1) is 4.77 Å². The van der Waals surface area contributed by atoms with E-state index in [-0.39, 0.29) is 24.2 Å².